The number of hydrogen-bond donors (Lipinski definition) is 0. The summed E-state index contributed by atoms with van der Waals surface area (Å²) in [6.07, 6.45) is 0. The van der Waals surface area contributed by atoms with E-state index in [0.717, 1.165) is 71.7 Å². The molecule has 0 N–H and O–H groups in total. The molecule has 194 valence electrons. The molecule has 2 heterocycles. The van der Waals surface area contributed by atoms with E-state index in [1.54, 1.807) is 18.2 Å². The van der Waals surface area contributed by atoms with E-state index in [4.69, 9.17) is 8.83 Å². The SMILES string of the molecule is N#Cc1cccc(C#N)c1-c1cc(-c2ccc3oc4ccccc4c3c2)cc(-c2cccc3c2oc2ccccc23)c1. The fourth-order valence-corrected chi connectivity index (χ4v) is 6.02. The summed E-state index contributed by atoms with van der Waals surface area (Å²) < 4.78 is 12.5. The molecule has 8 aromatic rings. The molecule has 6 aromatic carbocycles. The Morgan fingerprint density at radius 1 is 0.429 bits per heavy atom. The van der Waals surface area contributed by atoms with Crippen LogP contribution in [0.3, 0.4) is 0 Å². The van der Waals surface area contributed by atoms with Crippen molar-refractivity contribution in [2.75, 3.05) is 0 Å². The number of fused-ring (bicyclic) bond motifs is 6. The first-order valence-corrected chi connectivity index (χ1v) is 13.6. The molecule has 0 saturated heterocycles. The Balaban J connectivity index is 1.43. The van der Waals surface area contributed by atoms with Crippen LogP contribution in [-0.4, -0.2) is 0 Å². The van der Waals surface area contributed by atoms with Gasteiger partial charge in [-0.3, -0.25) is 0 Å². The minimum atomic E-state index is 0.454. The zero-order chi connectivity index (χ0) is 28.2. The van der Waals surface area contributed by atoms with Gasteiger partial charge in [-0.05, 0) is 76.9 Å². The van der Waals surface area contributed by atoms with E-state index in [1.165, 1.54) is 0 Å². The highest BCUT2D eigenvalue weighted by molar-refractivity contribution is 6.10. The predicted molar refractivity (Wildman–Crippen MR) is 167 cm³/mol. The minimum Gasteiger partial charge on any atom is -0.456 e. The van der Waals surface area contributed by atoms with Gasteiger partial charge in [-0.25, -0.2) is 0 Å². The third-order valence-electron chi connectivity index (χ3n) is 7.95. The smallest absolute Gasteiger partial charge is 0.143 e. The number of para-hydroxylation sites is 3. The fourth-order valence-electron chi connectivity index (χ4n) is 6.02. The van der Waals surface area contributed by atoms with E-state index in [1.807, 2.05) is 54.6 Å². The van der Waals surface area contributed by atoms with Crippen LogP contribution in [0.1, 0.15) is 11.1 Å². The summed E-state index contributed by atoms with van der Waals surface area (Å²) in [5, 5.41) is 24.2. The molecule has 2 aromatic heterocycles. The molecule has 0 unspecified atom stereocenters. The average Bonchev–Trinajstić information content (AvgIpc) is 3.62. The van der Waals surface area contributed by atoms with E-state index in [-0.39, 0.29) is 0 Å². The van der Waals surface area contributed by atoms with E-state index in [0.29, 0.717) is 16.7 Å². The van der Waals surface area contributed by atoms with Crippen molar-refractivity contribution in [2.45, 2.75) is 0 Å². The third-order valence-corrected chi connectivity index (χ3v) is 7.95. The van der Waals surface area contributed by atoms with Gasteiger partial charge in [0.25, 0.3) is 0 Å². The minimum absolute atomic E-state index is 0.454. The normalized spacial score (nSPS) is 11.3. The molecule has 0 atom stereocenters. The first kappa shape index (κ1) is 23.8. The maximum atomic E-state index is 10.0. The Bertz CT molecular complexity index is 2410. The molecule has 0 aliphatic carbocycles. The molecular weight excluding hydrogens is 516 g/mol. The van der Waals surface area contributed by atoms with Crippen molar-refractivity contribution in [1.82, 2.24) is 0 Å². The van der Waals surface area contributed by atoms with Gasteiger partial charge in [-0.15, -0.1) is 0 Å². The standard InChI is InChI=1S/C38H20N2O2/c39-21-24-7-5-8-25(22-40)37(24)28-18-26(23-15-16-36-33(20-23)31-10-2-3-13-34(31)41-36)17-27(19-28)29-11-6-12-32-30-9-1-4-14-35(30)42-38(29)32/h1-20H. The summed E-state index contributed by atoms with van der Waals surface area (Å²) in [7, 11) is 0. The number of rotatable bonds is 3. The molecule has 0 radical (unpaired) electrons. The lowest BCUT2D eigenvalue weighted by Crippen LogP contribution is -1.92. The van der Waals surface area contributed by atoms with Gasteiger partial charge >= 0.3 is 0 Å². The summed E-state index contributed by atoms with van der Waals surface area (Å²) in [4.78, 5) is 0. The molecule has 0 spiro atoms. The van der Waals surface area contributed by atoms with Gasteiger partial charge in [-0.1, -0.05) is 66.7 Å². The lowest BCUT2D eigenvalue weighted by molar-refractivity contribution is 0.669. The fraction of sp³-hybridized carbons (Fsp3) is 0. The van der Waals surface area contributed by atoms with E-state index >= 15 is 0 Å². The molecule has 0 amide bonds. The van der Waals surface area contributed by atoms with Gasteiger partial charge in [0.05, 0.1) is 23.3 Å². The van der Waals surface area contributed by atoms with Crippen LogP contribution in [0.2, 0.25) is 0 Å². The molecule has 42 heavy (non-hydrogen) atoms. The van der Waals surface area contributed by atoms with E-state index < -0.39 is 0 Å². The molecule has 0 saturated carbocycles. The third kappa shape index (κ3) is 3.60. The quantitative estimate of drug-likeness (QED) is 0.225. The van der Waals surface area contributed by atoms with E-state index in [2.05, 4.69) is 60.7 Å². The van der Waals surface area contributed by atoms with Crippen LogP contribution in [0.15, 0.2) is 130 Å². The van der Waals surface area contributed by atoms with Crippen molar-refractivity contribution < 1.29 is 8.83 Å². The highest BCUT2D eigenvalue weighted by atomic mass is 16.3. The summed E-state index contributed by atoms with van der Waals surface area (Å²) in [5.74, 6) is 0. The Hall–Kier alpha value is -6.10. The second-order valence-corrected chi connectivity index (χ2v) is 10.3. The van der Waals surface area contributed by atoms with Crippen molar-refractivity contribution in [2.24, 2.45) is 0 Å². The predicted octanol–water partition coefficient (Wildman–Crippen LogP) is 10.2. The largest absolute Gasteiger partial charge is 0.456 e. The lowest BCUT2D eigenvalue weighted by Gasteiger charge is -2.13. The van der Waals surface area contributed by atoms with E-state index in [9.17, 15) is 10.5 Å². The van der Waals surface area contributed by atoms with Crippen LogP contribution in [-0.2, 0) is 0 Å². The summed E-state index contributed by atoms with van der Waals surface area (Å²) in [5.41, 5.74) is 9.45. The van der Waals surface area contributed by atoms with Crippen LogP contribution in [0.5, 0.6) is 0 Å². The maximum absolute atomic E-state index is 10.0. The second kappa shape index (κ2) is 9.24. The Labute approximate surface area is 240 Å². The molecule has 0 fully saturated rings. The number of nitriles is 2. The van der Waals surface area contributed by atoms with Crippen LogP contribution in [0.25, 0.3) is 77.3 Å². The van der Waals surface area contributed by atoms with Gasteiger partial charge in [0.2, 0.25) is 0 Å². The van der Waals surface area contributed by atoms with Crippen LogP contribution < -0.4 is 0 Å². The molecule has 0 bridgehead atoms. The topological polar surface area (TPSA) is 73.9 Å². The monoisotopic (exact) mass is 536 g/mol. The van der Waals surface area contributed by atoms with Crippen molar-refractivity contribution in [3.05, 3.63) is 132 Å². The Kier molecular flexibility index (Phi) is 5.22. The number of hydrogen-bond acceptors (Lipinski definition) is 4. The Morgan fingerprint density at radius 2 is 1.02 bits per heavy atom. The van der Waals surface area contributed by atoms with Gasteiger partial charge in [0.15, 0.2) is 0 Å². The highest BCUT2D eigenvalue weighted by Crippen LogP contribution is 2.41. The first-order chi connectivity index (χ1) is 20.7. The average molecular weight is 537 g/mol. The zero-order valence-corrected chi connectivity index (χ0v) is 22.3. The number of furan rings is 2. The molecule has 0 aliphatic heterocycles. The molecule has 4 heteroatoms. The lowest BCUT2D eigenvalue weighted by atomic mass is 9.89. The van der Waals surface area contributed by atoms with Crippen LogP contribution in [0.4, 0.5) is 0 Å². The summed E-state index contributed by atoms with van der Waals surface area (Å²) >= 11 is 0. The van der Waals surface area contributed by atoms with Crippen molar-refractivity contribution in [3.8, 4) is 45.5 Å². The van der Waals surface area contributed by atoms with Crippen molar-refractivity contribution in [1.29, 1.82) is 10.5 Å². The van der Waals surface area contributed by atoms with Gasteiger partial charge in [-0.2, -0.15) is 10.5 Å². The van der Waals surface area contributed by atoms with Crippen LogP contribution in [0, 0.1) is 22.7 Å². The number of nitrogens with zero attached hydrogens (tertiary/aromatic N) is 2. The van der Waals surface area contributed by atoms with Crippen molar-refractivity contribution >= 4 is 43.9 Å². The maximum Gasteiger partial charge on any atom is 0.143 e. The highest BCUT2D eigenvalue weighted by Gasteiger charge is 2.18. The number of benzene rings is 6. The summed E-state index contributed by atoms with van der Waals surface area (Å²) in [6.45, 7) is 0. The first-order valence-electron chi connectivity index (χ1n) is 13.6. The molecule has 0 aliphatic rings. The second-order valence-electron chi connectivity index (χ2n) is 10.3. The van der Waals surface area contributed by atoms with Crippen molar-refractivity contribution in [3.63, 3.8) is 0 Å². The molecule has 4 nitrogen and oxygen atoms in total. The van der Waals surface area contributed by atoms with Gasteiger partial charge < -0.3 is 8.83 Å². The molecule has 8 rings (SSSR count). The molecular formula is C38H20N2O2. The van der Waals surface area contributed by atoms with Gasteiger partial charge in [0.1, 0.15) is 22.3 Å². The zero-order valence-electron chi connectivity index (χ0n) is 22.3. The van der Waals surface area contributed by atoms with Crippen LogP contribution >= 0.6 is 0 Å². The Morgan fingerprint density at radius 3 is 1.79 bits per heavy atom. The van der Waals surface area contributed by atoms with Gasteiger partial charge in [0, 0.05) is 32.7 Å². The summed E-state index contributed by atoms with van der Waals surface area (Å²) in [6, 6.07) is 44.5.